The van der Waals surface area contributed by atoms with Crippen molar-refractivity contribution in [2.45, 2.75) is 31.6 Å². The molecule has 1 saturated heterocycles. The second kappa shape index (κ2) is 6.43. The van der Waals surface area contributed by atoms with Crippen molar-refractivity contribution in [3.8, 4) is 0 Å². The molecule has 1 atom stereocenters. The molecule has 1 aliphatic heterocycles. The second-order valence-corrected chi connectivity index (χ2v) is 6.45. The lowest BCUT2D eigenvalue weighted by Gasteiger charge is -2.33. The molecule has 4 rings (SSSR count). The Labute approximate surface area is 136 Å². The summed E-state index contributed by atoms with van der Waals surface area (Å²) in [6, 6.07) is 10.8. The van der Waals surface area contributed by atoms with Crippen LogP contribution in [0.15, 0.2) is 30.3 Å². The normalized spacial score (nSPS) is 22.4. The maximum atomic E-state index is 9.62. The number of nitrogens with zero attached hydrogens (tertiary/aromatic N) is 2. The number of aliphatic hydroxyl groups excluding tert-OH is 1. The fraction of sp³-hybridized carbons (Fsp3) is 0.500. The number of benzene rings is 1. The third-order valence-electron chi connectivity index (χ3n) is 4.70. The van der Waals surface area contributed by atoms with Gasteiger partial charge < -0.3 is 15.2 Å². The molecule has 0 spiro atoms. The first kappa shape index (κ1) is 14.9. The van der Waals surface area contributed by atoms with Gasteiger partial charge in [0, 0.05) is 36.6 Å². The van der Waals surface area contributed by atoms with Crippen molar-refractivity contribution in [1.82, 2.24) is 9.88 Å². The van der Waals surface area contributed by atoms with Crippen LogP contribution in [0, 0.1) is 0 Å². The van der Waals surface area contributed by atoms with Crippen LogP contribution in [0.2, 0.25) is 0 Å². The number of fused-ring (bicyclic) bond motifs is 1. The lowest BCUT2D eigenvalue weighted by Crippen LogP contribution is -2.46. The molecule has 23 heavy (non-hydrogen) atoms. The molecule has 0 radical (unpaired) electrons. The van der Waals surface area contributed by atoms with Gasteiger partial charge in [-0.3, -0.25) is 4.90 Å². The predicted molar refractivity (Wildman–Crippen MR) is 90.5 cm³/mol. The molecule has 1 saturated carbocycles. The first-order valence-corrected chi connectivity index (χ1v) is 8.42. The zero-order valence-electron chi connectivity index (χ0n) is 13.2. The number of rotatable bonds is 5. The lowest BCUT2D eigenvalue weighted by molar-refractivity contribution is -0.0241. The van der Waals surface area contributed by atoms with Gasteiger partial charge in [0.15, 0.2) is 0 Å². The number of morpholine rings is 1. The van der Waals surface area contributed by atoms with Gasteiger partial charge in [0.2, 0.25) is 0 Å². The monoisotopic (exact) mass is 313 g/mol. The van der Waals surface area contributed by atoms with Gasteiger partial charge in [-0.05, 0) is 25.0 Å². The highest BCUT2D eigenvalue weighted by atomic mass is 16.5. The number of ether oxygens (including phenoxy) is 1. The molecule has 2 heterocycles. The molecule has 2 fully saturated rings. The van der Waals surface area contributed by atoms with E-state index in [0.717, 1.165) is 54.6 Å². The Morgan fingerprint density at radius 1 is 1.30 bits per heavy atom. The van der Waals surface area contributed by atoms with Crippen LogP contribution in [-0.2, 0) is 11.3 Å². The second-order valence-electron chi connectivity index (χ2n) is 6.45. The standard InChI is InChI=1S/C18H23N3O2/c22-12-14-9-13-3-1-2-4-17(13)20-18(14)19-10-16-11-21(7-8-23-16)15-5-6-15/h1-4,9,15-16,22H,5-8,10-12H2,(H,19,20). The van der Waals surface area contributed by atoms with E-state index >= 15 is 0 Å². The highest BCUT2D eigenvalue weighted by Gasteiger charge is 2.32. The van der Waals surface area contributed by atoms with Gasteiger partial charge in [0.1, 0.15) is 5.82 Å². The summed E-state index contributed by atoms with van der Waals surface area (Å²) in [7, 11) is 0. The Kier molecular flexibility index (Phi) is 4.16. The van der Waals surface area contributed by atoms with Crippen molar-refractivity contribution in [2.24, 2.45) is 0 Å². The minimum Gasteiger partial charge on any atom is -0.392 e. The summed E-state index contributed by atoms with van der Waals surface area (Å²) >= 11 is 0. The summed E-state index contributed by atoms with van der Waals surface area (Å²) in [5, 5.41) is 14.1. The maximum absolute atomic E-state index is 9.62. The van der Waals surface area contributed by atoms with E-state index in [1.807, 2.05) is 30.3 Å². The molecule has 1 aromatic carbocycles. The van der Waals surface area contributed by atoms with Crippen molar-refractivity contribution in [2.75, 3.05) is 31.6 Å². The SMILES string of the molecule is OCc1cc2ccccc2nc1NCC1CN(C2CC2)CCO1. The molecule has 5 heteroatoms. The molecule has 0 amide bonds. The number of nitrogens with one attached hydrogen (secondary N) is 1. The molecule has 122 valence electrons. The van der Waals surface area contributed by atoms with Crippen LogP contribution < -0.4 is 5.32 Å². The minimum absolute atomic E-state index is 0.0140. The number of aliphatic hydroxyl groups is 1. The molecule has 1 aromatic heterocycles. The number of hydrogen-bond donors (Lipinski definition) is 2. The average molecular weight is 313 g/mol. The Morgan fingerprint density at radius 2 is 2.17 bits per heavy atom. The summed E-state index contributed by atoms with van der Waals surface area (Å²) in [4.78, 5) is 7.19. The van der Waals surface area contributed by atoms with Gasteiger partial charge in [-0.1, -0.05) is 18.2 Å². The van der Waals surface area contributed by atoms with E-state index in [0.29, 0.717) is 0 Å². The summed E-state index contributed by atoms with van der Waals surface area (Å²) < 4.78 is 5.87. The number of para-hydroxylation sites is 1. The summed E-state index contributed by atoms with van der Waals surface area (Å²) in [5.74, 6) is 0.762. The summed E-state index contributed by atoms with van der Waals surface area (Å²) in [5.41, 5.74) is 1.77. The fourth-order valence-corrected chi connectivity index (χ4v) is 3.28. The van der Waals surface area contributed by atoms with E-state index in [1.165, 1.54) is 12.8 Å². The quantitative estimate of drug-likeness (QED) is 0.884. The van der Waals surface area contributed by atoms with Crippen LogP contribution in [0.5, 0.6) is 0 Å². The van der Waals surface area contributed by atoms with Gasteiger partial charge >= 0.3 is 0 Å². The van der Waals surface area contributed by atoms with Crippen LogP contribution in [0.1, 0.15) is 18.4 Å². The Morgan fingerprint density at radius 3 is 3.00 bits per heavy atom. The molecule has 1 unspecified atom stereocenters. The third-order valence-corrected chi connectivity index (χ3v) is 4.70. The van der Waals surface area contributed by atoms with Crippen molar-refractivity contribution < 1.29 is 9.84 Å². The summed E-state index contributed by atoms with van der Waals surface area (Å²) in [6.45, 7) is 3.55. The molecular weight excluding hydrogens is 290 g/mol. The molecule has 1 aliphatic carbocycles. The summed E-state index contributed by atoms with van der Waals surface area (Å²) in [6.07, 6.45) is 2.85. The van der Waals surface area contributed by atoms with Crippen LogP contribution in [0.4, 0.5) is 5.82 Å². The molecular formula is C18H23N3O2. The highest BCUT2D eigenvalue weighted by Crippen LogP contribution is 2.28. The Bertz CT molecular complexity index is 687. The van der Waals surface area contributed by atoms with E-state index in [2.05, 4.69) is 15.2 Å². The van der Waals surface area contributed by atoms with Gasteiger partial charge in [0.25, 0.3) is 0 Å². The van der Waals surface area contributed by atoms with Crippen molar-refractivity contribution in [3.05, 3.63) is 35.9 Å². The number of anilines is 1. The van der Waals surface area contributed by atoms with Gasteiger partial charge in [-0.25, -0.2) is 4.98 Å². The van der Waals surface area contributed by atoms with Crippen LogP contribution in [0.25, 0.3) is 10.9 Å². The topological polar surface area (TPSA) is 57.6 Å². The van der Waals surface area contributed by atoms with Crippen molar-refractivity contribution in [3.63, 3.8) is 0 Å². The molecule has 2 aliphatic rings. The van der Waals surface area contributed by atoms with E-state index < -0.39 is 0 Å². The van der Waals surface area contributed by atoms with Crippen LogP contribution in [0.3, 0.4) is 0 Å². The van der Waals surface area contributed by atoms with E-state index in [4.69, 9.17) is 4.74 Å². The zero-order valence-corrected chi connectivity index (χ0v) is 13.2. The van der Waals surface area contributed by atoms with Crippen LogP contribution in [-0.4, -0.2) is 53.4 Å². The van der Waals surface area contributed by atoms with Gasteiger partial charge in [-0.2, -0.15) is 0 Å². The maximum Gasteiger partial charge on any atom is 0.132 e. The number of pyridine rings is 1. The smallest absolute Gasteiger partial charge is 0.132 e. The molecule has 5 nitrogen and oxygen atoms in total. The lowest BCUT2D eigenvalue weighted by atomic mass is 10.1. The predicted octanol–water partition coefficient (Wildman–Crippen LogP) is 2.00. The largest absolute Gasteiger partial charge is 0.392 e. The fourth-order valence-electron chi connectivity index (χ4n) is 3.28. The molecule has 2 N–H and O–H groups in total. The third kappa shape index (κ3) is 3.32. The van der Waals surface area contributed by atoms with Crippen LogP contribution >= 0.6 is 0 Å². The Balaban J connectivity index is 1.46. The van der Waals surface area contributed by atoms with E-state index in [9.17, 15) is 5.11 Å². The first-order valence-electron chi connectivity index (χ1n) is 8.42. The molecule has 2 aromatic rings. The average Bonchev–Trinajstić information content (AvgIpc) is 3.44. The number of aromatic nitrogens is 1. The minimum atomic E-state index is -0.0140. The van der Waals surface area contributed by atoms with E-state index in [1.54, 1.807) is 0 Å². The van der Waals surface area contributed by atoms with E-state index in [-0.39, 0.29) is 12.7 Å². The zero-order chi connectivity index (χ0) is 15.6. The van der Waals surface area contributed by atoms with Gasteiger partial charge in [0.05, 0.1) is 24.8 Å². The highest BCUT2D eigenvalue weighted by molar-refractivity contribution is 5.81. The Hall–Kier alpha value is -1.69. The number of hydrogen-bond acceptors (Lipinski definition) is 5. The van der Waals surface area contributed by atoms with Crippen molar-refractivity contribution in [1.29, 1.82) is 0 Å². The molecule has 0 bridgehead atoms. The van der Waals surface area contributed by atoms with Gasteiger partial charge in [-0.15, -0.1) is 0 Å². The first-order chi connectivity index (χ1) is 11.3. The van der Waals surface area contributed by atoms with Crippen molar-refractivity contribution >= 4 is 16.7 Å².